The molecule has 0 aromatic heterocycles. The molecule has 1 saturated carbocycles. The Balaban J connectivity index is 1.96. The number of methoxy groups -OCH3 is 1. The van der Waals surface area contributed by atoms with E-state index in [-0.39, 0.29) is 5.75 Å². The van der Waals surface area contributed by atoms with Crippen LogP contribution >= 0.6 is 0 Å². The summed E-state index contributed by atoms with van der Waals surface area (Å²) in [4.78, 5) is 0. The van der Waals surface area contributed by atoms with Gasteiger partial charge in [-0.2, -0.15) is 0 Å². The van der Waals surface area contributed by atoms with Crippen molar-refractivity contribution in [1.82, 2.24) is 5.32 Å². The highest BCUT2D eigenvalue weighted by molar-refractivity contribution is 7.90. The summed E-state index contributed by atoms with van der Waals surface area (Å²) in [5.74, 6) is 1.53. The second kappa shape index (κ2) is 7.13. The molecule has 1 aliphatic rings. The molecule has 21 heavy (non-hydrogen) atoms. The SMILES string of the molecule is COc1cccc(CNC2CC2)c1OCCCS(C)(=O)=O. The topological polar surface area (TPSA) is 64.6 Å². The minimum Gasteiger partial charge on any atom is -0.493 e. The number of hydrogen-bond acceptors (Lipinski definition) is 5. The molecule has 0 spiro atoms. The van der Waals surface area contributed by atoms with E-state index in [1.807, 2.05) is 18.2 Å². The maximum absolute atomic E-state index is 11.1. The van der Waals surface area contributed by atoms with Gasteiger partial charge in [-0.15, -0.1) is 0 Å². The lowest BCUT2D eigenvalue weighted by atomic mass is 10.2. The third-order valence-electron chi connectivity index (χ3n) is 3.34. The van der Waals surface area contributed by atoms with Crippen LogP contribution in [0.25, 0.3) is 0 Å². The van der Waals surface area contributed by atoms with Crippen molar-refractivity contribution in [2.24, 2.45) is 0 Å². The Morgan fingerprint density at radius 3 is 2.71 bits per heavy atom. The summed E-state index contributed by atoms with van der Waals surface area (Å²) in [5.41, 5.74) is 1.04. The van der Waals surface area contributed by atoms with E-state index in [0.29, 0.717) is 30.6 Å². The number of ether oxygens (including phenoxy) is 2. The average molecular weight is 313 g/mol. The standard InChI is InChI=1S/C15H23NO4S/c1-19-14-6-3-5-12(11-16-13-7-8-13)15(14)20-9-4-10-21(2,17)18/h3,5-6,13,16H,4,7-11H2,1-2H3. The monoisotopic (exact) mass is 313 g/mol. The largest absolute Gasteiger partial charge is 0.493 e. The van der Waals surface area contributed by atoms with Crippen molar-refractivity contribution >= 4 is 9.84 Å². The van der Waals surface area contributed by atoms with Crippen molar-refractivity contribution in [3.63, 3.8) is 0 Å². The summed E-state index contributed by atoms with van der Waals surface area (Å²) in [6.45, 7) is 1.10. The normalized spacial score (nSPS) is 15.0. The molecule has 5 nitrogen and oxygen atoms in total. The van der Waals surface area contributed by atoms with Gasteiger partial charge in [0.1, 0.15) is 9.84 Å². The van der Waals surface area contributed by atoms with Gasteiger partial charge in [0.2, 0.25) is 0 Å². The zero-order valence-corrected chi connectivity index (χ0v) is 13.4. The Morgan fingerprint density at radius 1 is 1.33 bits per heavy atom. The maximum Gasteiger partial charge on any atom is 0.165 e. The van der Waals surface area contributed by atoms with E-state index in [1.54, 1.807) is 7.11 Å². The number of nitrogens with one attached hydrogen (secondary N) is 1. The van der Waals surface area contributed by atoms with Crippen molar-refractivity contribution in [2.75, 3.05) is 25.7 Å². The highest BCUT2D eigenvalue weighted by Gasteiger charge is 2.21. The van der Waals surface area contributed by atoms with Gasteiger partial charge in [-0.1, -0.05) is 12.1 Å². The van der Waals surface area contributed by atoms with Gasteiger partial charge in [0.05, 0.1) is 19.5 Å². The predicted octanol–water partition coefficient (Wildman–Crippen LogP) is 1.76. The number of benzene rings is 1. The molecular formula is C15H23NO4S. The quantitative estimate of drug-likeness (QED) is 0.704. The van der Waals surface area contributed by atoms with Gasteiger partial charge in [0.25, 0.3) is 0 Å². The van der Waals surface area contributed by atoms with Gasteiger partial charge in [0, 0.05) is 24.4 Å². The van der Waals surface area contributed by atoms with Crippen molar-refractivity contribution < 1.29 is 17.9 Å². The Kier molecular flexibility index (Phi) is 5.47. The summed E-state index contributed by atoms with van der Waals surface area (Å²) in [7, 11) is -1.33. The molecule has 6 heteroatoms. The van der Waals surface area contributed by atoms with Gasteiger partial charge in [0.15, 0.2) is 11.5 Å². The summed E-state index contributed by atoms with van der Waals surface area (Å²) < 4.78 is 33.4. The summed E-state index contributed by atoms with van der Waals surface area (Å²) in [5, 5.41) is 3.45. The lowest BCUT2D eigenvalue weighted by molar-refractivity contribution is 0.290. The smallest absolute Gasteiger partial charge is 0.165 e. The molecule has 1 fully saturated rings. The summed E-state index contributed by atoms with van der Waals surface area (Å²) in [6.07, 6.45) is 4.18. The van der Waals surface area contributed by atoms with Crippen molar-refractivity contribution in [3.05, 3.63) is 23.8 Å². The van der Waals surface area contributed by atoms with Crippen LogP contribution in [0.15, 0.2) is 18.2 Å². The average Bonchev–Trinajstić information content (AvgIpc) is 3.24. The van der Waals surface area contributed by atoms with E-state index in [9.17, 15) is 8.42 Å². The highest BCUT2D eigenvalue weighted by Crippen LogP contribution is 2.32. The first-order valence-electron chi connectivity index (χ1n) is 7.19. The van der Waals surface area contributed by atoms with Crippen LogP contribution < -0.4 is 14.8 Å². The number of para-hydroxylation sites is 1. The molecule has 0 amide bonds. The fraction of sp³-hybridized carbons (Fsp3) is 0.600. The predicted molar refractivity (Wildman–Crippen MR) is 82.7 cm³/mol. The van der Waals surface area contributed by atoms with Gasteiger partial charge in [-0.05, 0) is 25.3 Å². The second-order valence-corrected chi connectivity index (χ2v) is 7.70. The Hall–Kier alpha value is -1.27. The van der Waals surface area contributed by atoms with Crippen LogP contribution in [0.4, 0.5) is 0 Å². The van der Waals surface area contributed by atoms with Crippen molar-refractivity contribution in [3.8, 4) is 11.5 Å². The fourth-order valence-corrected chi connectivity index (χ4v) is 2.70. The molecule has 0 bridgehead atoms. The molecular weight excluding hydrogens is 290 g/mol. The van der Waals surface area contributed by atoms with Crippen LogP contribution in [0.2, 0.25) is 0 Å². The van der Waals surface area contributed by atoms with Crippen LogP contribution in [-0.4, -0.2) is 40.2 Å². The first-order valence-corrected chi connectivity index (χ1v) is 9.25. The minimum absolute atomic E-state index is 0.137. The van der Waals surface area contributed by atoms with Crippen molar-refractivity contribution in [2.45, 2.75) is 31.8 Å². The van der Waals surface area contributed by atoms with E-state index < -0.39 is 9.84 Å². The molecule has 1 aliphatic carbocycles. The summed E-state index contributed by atoms with van der Waals surface area (Å²) >= 11 is 0. The Morgan fingerprint density at radius 2 is 2.10 bits per heavy atom. The second-order valence-electron chi connectivity index (χ2n) is 5.44. The van der Waals surface area contributed by atoms with Crippen LogP contribution in [0, 0.1) is 0 Å². The maximum atomic E-state index is 11.1. The van der Waals surface area contributed by atoms with Crippen molar-refractivity contribution in [1.29, 1.82) is 0 Å². The lowest BCUT2D eigenvalue weighted by Crippen LogP contribution is -2.16. The number of hydrogen-bond donors (Lipinski definition) is 1. The number of sulfone groups is 1. The number of rotatable bonds is 9. The molecule has 2 rings (SSSR count). The molecule has 0 unspecified atom stereocenters. The van der Waals surface area contributed by atoms with Gasteiger partial charge < -0.3 is 14.8 Å². The molecule has 0 aliphatic heterocycles. The minimum atomic E-state index is -2.94. The molecule has 118 valence electrons. The van der Waals surface area contributed by atoms with E-state index >= 15 is 0 Å². The van der Waals surface area contributed by atoms with Crippen LogP contribution in [0.3, 0.4) is 0 Å². The molecule has 0 heterocycles. The first-order chi connectivity index (χ1) is 9.99. The third kappa shape index (κ3) is 5.55. The van der Waals surface area contributed by atoms with E-state index in [1.165, 1.54) is 19.1 Å². The molecule has 1 aromatic carbocycles. The van der Waals surface area contributed by atoms with Crippen LogP contribution in [-0.2, 0) is 16.4 Å². The van der Waals surface area contributed by atoms with Gasteiger partial charge >= 0.3 is 0 Å². The molecule has 1 aromatic rings. The fourth-order valence-electron chi connectivity index (χ4n) is 2.06. The van der Waals surface area contributed by atoms with E-state index in [4.69, 9.17) is 9.47 Å². The van der Waals surface area contributed by atoms with Crippen LogP contribution in [0.1, 0.15) is 24.8 Å². The molecule has 0 radical (unpaired) electrons. The van der Waals surface area contributed by atoms with Gasteiger partial charge in [-0.3, -0.25) is 0 Å². The molecule has 0 atom stereocenters. The Bertz CT molecular complexity index is 567. The first kappa shape index (κ1) is 16.1. The van der Waals surface area contributed by atoms with E-state index in [2.05, 4.69) is 5.32 Å². The van der Waals surface area contributed by atoms with Crippen LogP contribution in [0.5, 0.6) is 11.5 Å². The highest BCUT2D eigenvalue weighted by atomic mass is 32.2. The summed E-state index contributed by atoms with van der Waals surface area (Å²) in [6, 6.07) is 6.41. The Labute approximate surface area is 126 Å². The lowest BCUT2D eigenvalue weighted by Gasteiger charge is -2.15. The zero-order valence-electron chi connectivity index (χ0n) is 12.6. The van der Waals surface area contributed by atoms with E-state index in [0.717, 1.165) is 12.1 Å². The third-order valence-corrected chi connectivity index (χ3v) is 4.38. The van der Waals surface area contributed by atoms with Gasteiger partial charge in [-0.25, -0.2) is 8.42 Å². The molecule has 1 N–H and O–H groups in total. The zero-order chi connectivity index (χ0) is 15.3. The molecule has 0 saturated heterocycles.